The van der Waals surface area contributed by atoms with E-state index >= 15 is 0 Å². The molecule has 1 N–H and O–H groups in total. The SMILES string of the molecule is Cc1[nH]c(-c2ccc(C(F)(F)F)cc2)nc1CN1CCC(N(Cc2ccccc2)C(=O)N(C)c2ccncc2)CC1. The third-order valence-electron chi connectivity index (χ3n) is 7.62. The molecule has 0 spiro atoms. The van der Waals surface area contributed by atoms with Gasteiger partial charge in [0.1, 0.15) is 5.82 Å². The van der Waals surface area contributed by atoms with Crippen molar-refractivity contribution in [2.75, 3.05) is 25.0 Å². The fourth-order valence-corrected chi connectivity index (χ4v) is 5.21. The number of H-pyrrole nitrogens is 1. The number of carbonyl (C=O) groups is 1. The van der Waals surface area contributed by atoms with E-state index in [2.05, 4.69) is 14.9 Å². The van der Waals surface area contributed by atoms with E-state index in [-0.39, 0.29) is 12.1 Å². The van der Waals surface area contributed by atoms with Crippen LogP contribution in [0.3, 0.4) is 0 Å². The van der Waals surface area contributed by atoms with Gasteiger partial charge in [-0.05, 0) is 49.6 Å². The van der Waals surface area contributed by atoms with Crippen molar-refractivity contribution in [3.8, 4) is 11.4 Å². The van der Waals surface area contributed by atoms with E-state index in [9.17, 15) is 18.0 Å². The van der Waals surface area contributed by atoms with Gasteiger partial charge in [0.25, 0.3) is 0 Å². The smallest absolute Gasteiger partial charge is 0.342 e. The van der Waals surface area contributed by atoms with Crippen LogP contribution in [-0.2, 0) is 19.3 Å². The molecule has 41 heavy (non-hydrogen) atoms. The van der Waals surface area contributed by atoms with Crippen LogP contribution in [-0.4, -0.2) is 57.0 Å². The van der Waals surface area contributed by atoms with Gasteiger partial charge in [-0.3, -0.25) is 14.8 Å². The predicted octanol–water partition coefficient (Wildman–Crippen LogP) is 6.52. The fourth-order valence-electron chi connectivity index (χ4n) is 5.21. The third-order valence-corrected chi connectivity index (χ3v) is 7.62. The molecular formula is C31H33F3N6O. The highest BCUT2D eigenvalue weighted by molar-refractivity contribution is 5.91. The first-order valence-corrected chi connectivity index (χ1v) is 13.6. The minimum atomic E-state index is -4.37. The number of imidazole rings is 1. The van der Waals surface area contributed by atoms with E-state index in [1.807, 2.05) is 54.3 Å². The summed E-state index contributed by atoms with van der Waals surface area (Å²) in [4.78, 5) is 31.7. The first-order chi connectivity index (χ1) is 19.7. The van der Waals surface area contributed by atoms with Gasteiger partial charge >= 0.3 is 12.2 Å². The number of pyridine rings is 1. The number of piperidine rings is 1. The van der Waals surface area contributed by atoms with Gasteiger partial charge in [0.2, 0.25) is 0 Å². The van der Waals surface area contributed by atoms with E-state index in [0.29, 0.717) is 24.5 Å². The number of rotatable bonds is 7. The van der Waals surface area contributed by atoms with E-state index in [4.69, 9.17) is 4.98 Å². The van der Waals surface area contributed by atoms with Gasteiger partial charge in [-0.25, -0.2) is 9.78 Å². The highest BCUT2D eigenvalue weighted by Gasteiger charge is 2.32. The summed E-state index contributed by atoms with van der Waals surface area (Å²) in [6, 6.07) is 18.7. The van der Waals surface area contributed by atoms with Crippen molar-refractivity contribution in [1.82, 2.24) is 24.8 Å². The van der Waals surface area contributed by atoms with Gasteiger partial charge in [0, 0.05) is 68.6 Å². The lowest BCUT2D eigenvalue weighted by Gasteiger charge is -2.40. The first kappa shape index (κ1) is 28.4. The number of hydrogen-bond acceptors (Lipinski definition) is 4. The molecule has 4 aromatic rings. The summed E-state index contributed by atoms with van der Waals surface area (Å²) < 4.78 is 38.8. The zero-order valence-corrected chi connectivity index (χ0v) is 23.1. The number of benzene rings is 2. The van der Waals surface area contributed by atoms with Gasteiger partial charge in [-0.15, -0.1) is 0 Å². The van der Waals surface area contributed by atoms with E-state index in [1.54, 1.807) is 24.3 Å². The maximum Gasteiger partial charge on any atom is 0.416 e. The molecule has 1 fully saturated rings. The summed E-state index contributed by atoms with van der Waals surface area (Å²) in [5.41, 5.74) is 3.56. The Kier molecular flexibility index (Phi) is 8.39. The number of amides is 2. The van der Waals surface area contributed by atoms with Crippen molar-refractivity contribution >= 4 is 11.7 Å². The van der Waals surface area contributed by atoms with Crippen LogP contribution in [0.5, 0.6) is 0 Å². The monoisotopic (exact) mass is 562 g/mol. The summed E-state index contributed by atoms with van der Waals surface area (Å²) in [7, 11) is 1.79. The van der Waals surface area contributed by atoms with Gasteiger partial charge in [0.05, 0.1) is 11.3 Å². The zero-order chi connectivity index (χ0) is 29.0. The van der Waals surface area contributed by atoms with Crippen LogP contribution in [0.2, 0.25) is 0 Å². The molecule has 2 aromatic heterocycles. The molecule has 0 bridgehead atoms. The zero-order valence-electron chi connectivity index (χ0n) is 23.1. The van der Waals surface area contributed by atoms with Crippen LogP contribution in [0, 0.1) is 6.92 Å². The molecule has 214 valence electrons. The molecule has 0 aliphatic carbocycles. The normalized spacial score (nSPS) is 14.7. The van der Waals surface area contributed by atoms with Crippen LogP contribution in [0.1, 0.15) is 35.4 Å². The highest BCUT2D eigenvalue weighted by atomic mass is 19.4. The van der Waals surface area contributed by atoms with Crippen molar-refractivity contribution in [2.45, 2.75) is 45.1 Å². The maximum atomic E-state index is 13.7. The molecule has 0 saturated carbocycles. The number of aryl methyl sites for hydroxylation is 1. The number of urea groups is 1. The Morgan fingerprint density at radius 2 is 1.66 bits per heavy atom. The molecule has 2 aromatic carbocycles. The molecule has 5 rings (SSSR count). The number of nitrogens with one attached hydrogen (secondary N) is 1. The molecule has 3 heterocycles. The Balaban J connectivity index is 1.25. The van der Waals surface area contributed by atoms with Gasteiger partial charge < -0.3 is 9.88 Å². The topological polar surface area (TPSA) is 68.4 Å². The Hall–Kier alpha value is -4.18. The largest absolute Gasteiger partial charge is 0.416 e. The molecule has 7 nitrogen and oxygen atoms in total. The molecule has 10 heteroatoms. The van der Waals surface area contributed by atoms with Crippen molar-refractivity contribution in [3.05, 3.63) is 102 Å². The quantitative estimate of drug-likeness (QED) is 0.278. The number of carbonyl (C=O) groups excluding carboxylic acids is 1. The molecule has 1 aliphatic rings. The Labute approximate surface area is 237 Å². The lowest BCUT2D eigenvalue weighted by atomic mass is 10.0. The minimum absolute atomic E-state index is 0.0529. The van der Waals surface area contributed by atoms with Crippen LogP contribution < -0.4 is 4.90 Å². The molecule has 1 saturated heterocycles. The fraction of sp³-hybridized carbons (Fsp3) is 0.323. The lowest BCUT2D eigenvalue weighted by Crippen LogP contribution is -2.50. The van der Waals surface area contributed by atoms with E-state index in [0.717, 1.165) is 60.7 Å². The number of nitrogens with zero attached hydrogens (tertiary/aromatic N) is 5. The number of aromatic amines is 1. The second-order valence-electron chi connectivity index (χ2n) is 10.4. The summed E-state index contributed by atoms with van der Waals surface area (Å²) in [5, 5.41) is 0. The molecule has 1 aliphatic heterocycles. The van der Waals surface area contributed by atoms with Crippen LogP contribution in [0.25, 0.3) is 11.4 Å². The molecular weight excluding hydrogens is 529 g/mol. The lowest BCUT2D eigenvalue weighted by molar-refractivity contribution is -0.137. The average molecular weight is 563 g/mol. The Morgan fingerprint density at radius 3 is 2.29 bits per heavy atom. The third kappa shape index (κ3) is 6.77. The number of anilines is 1. The number of aromatic nitrogens is 3. The average Bonchev–Trinajstić information content (AvgIpc) is 3.36. The molecule has 0 atom stereocenters. The number of hydrogen-bond donors (Lipinski definition) is 1. The number of likely N-dealkylation sites (tertiary alicyclic amines) is 1. The summed E-state index contributed by atoms with van der Waals surface area (Å²) in [6.45, 7) is 4.67. The summed E-state index contributed by atoms with van der Waals surface area (Å²) in [6.07, 6.45) is 0.624. The Bertz CT molecular complexity index is 1430. The van der Waals surface area contributed by atoms with Crippen molar-refractivity contribution in [2.24, 2.45) is 0 Å². The standard InChI is InChI=1S/C31H33F3N6O/c1-22-28(37-29(36-22)24-8-10-25(11-9-24)31(32,33)34)21-39-18-14-27(15-19-39)40(20-23-6-4-3-5-7-23)30(41)38(2)26-12-16-35-17-13-26/h3-13,16-17,27H,14-15,18-21H2,1-2H3,(H,36,37). The number of halogens is 3. The molecule has 2 amide bonds. The highest BCUT2D eigenvalue weighted by Crippen LogP contribution is 2.31. The first-order valence-electron chi connectivity index (χ1n) is 13.6. The predicted molar refractivity (Wildman–Crippen MR) is 152 cm³/mol. The van der Waals surface area contributed by atoms with Gasteiger partial charge in [0.15, 0.2) is 0 Å². The van der Waals surface area contributed by atoms with E-state index in [1.165, 1.54) is 12.1 Å². The van der Waals surface area contributed by atoms with Crippen molar-refractivity contribution in [1.29, 1.82) is 0 Å². The Morgan fingerprint density at radius 1 is 1.00 bits per heavy atom. The van der Waals surface area contributed by atoms with E-state index < -0.39 is 11.7 Å². The van der Waals surface area contributed by atoms with Gasteiger partial charge in [-0.2, -0.15) is 13.2 Å². The molecule has 0 radical (unpaired) electrons. The summed E-state index contributed by atoms with van der Waals surface area (Å²) in [5.74, 6) is 0.555. The summed E-state index contributed by atoms with van der Waals surface area (Å²) >= 11 is 0. The minimum Gasteiger partial charge on any atom is -0.342 e. The van der Waals surface area contributed by atoms with Crippen molar-refractivity contribution in [3.63, 3.8) is 0 Å². The van der Waals surface area contributed by atoms with Crippen LogP contribution in [0.15, 0.2) is 79.1 Å². The number of alkyl halides is 3. The van der Waals surface area contributed by atoms with Crippen LogP contribution in [0.4, 0.5) is 23.7 Å². The van der Waals surface area contributed by atoms with Crippen LogP contribution >= 0.6 is 0 Å². The van der Waals surface area contributed by atoms with Gasteiger partial charge in [-0.1, -0.05) is 42.5 Å². The second kappa shape index (κ2) is 12.1. The maximum absolute atomic E-state index is 13.7. The second-order valence-corrected chi connectivity index (χ2v) is 10.4. The van der Waals surface area contributed by atoms with Crippen molar-refractivity contribution < 1.29 is 18.0 Å². The molecule has 0 unspecified atom stereocenters.